The lowest BCUT2D eigenvalue weighted by atomic mass is 10.00. The van der Waals surface area contributed by atoms with Crippen LogP contribution in [-0.4, -0.2) is 33.7 Å². The molecule has 2 aromatic carbocycles. The normalized spacial score (nSPS) is 15.3. The van der Waals surface area contributed by atoms with E-state index in [1.165, 1.54) is 0 Å². The van der Waals surface area contributed by atoms with Gasteiger partial charge in [0.1, 0.15) is 5.60 Å². The molecule has 0 fully saturated rings. The zero-order valence-electron chi connectivity index (χ0n) is 18.1. The van der Waals surface area contributed by atoms with Gasteiger partial charge in [-0.2, -0.15) is 0 Å². The summed E-state index contributed by atoms with van der Waals surface area (Å²) in [5, 5.41) is 10.9. The fourth-order valence-electron chi connectivity index (χ4n) is 3.31. The van der Waals surface area contributed by atoms with Crippen molar-refractivity contribution in [1.29, 1.82) is 0 Å². The fourth-order valence-corrected chi connectivity index (χ4v) is 3.31. The Morgan fingerprint density at radius 1 is 1.07 bits per heavy atom. The number of hydrogen-bond acceptors (Lipinski definition) is 4. The summed E-state index contributed by atoms with van der Waals surface area (Å²) in [6.45, 7) is 9.98. The molecule has 0 radical (unpaired) electrons. The topological polar surface area (TPSA) is 49.8 Å². The van der Waals surface area contributed by atoms with Crippen LogP contribution in [0.2, 0.25) is 0 Å². The predicted molar refractivity (Wildman–Crippen MR) is 117 cm³/mol. The van der Waals surface area contributed by atoms with Gasteiger partial charge in [0, 0.05) is 12.6 Å². The van der Waals surface area contributed by atoms with Gasteiger partial charge in [-0.25, -0.2) is 4.79 Å². The number of esters is 1. The van der Waals surface area contributed by atoms with E-state index < -0.39 is 23.7 Å². The van der Waals surface area contributed by atoms with Gasteiger partial charge in [-0.15, -0.1) is 0 Å². The van der Waals surface area contributed by atoms with Crippen molar-refractivity contribution in [2.75, 3.05) is 0 Å². The Kier molecular flexibility index (Phi) is 8.18. The fraction of sp³-hybridized carbons (Fsp3) is 0.400. The number of rotatable bonds is 8. The molecule has 4 heteroatoms. The van der Waals surface area contributed by atoms with Crippen molar-refractivity contribution in [1.82, 2.24) is 4.90 Å². The third-order valence-corrected chi connectivity index (χ3v) is 4.73. The number of aliphatic hydroxyl groups excluding tert-OH is 1. The molecule has 2 rings (SSSR count). The van der Waals surface area contributed by atoms with Gasteiger partial charge in [-0.05, 0) is 45.7 Å². The van der Waals surface area contributed by atoms with Crippen LogP contribution in [0, 0.1) is 0 Å². The number of aliphatic hydroxyl groups is 1. The Hall–Kier alpha value is -2.43. The number of carbonyl (C=O) groups is 1. The summed E-state index contributed by atoms with van der Waals surface area (Å²) in [6, 6.07) is 19.7. The molecule has 3 atom stereocenters. The van der Waals surface area contributed by atoms with Crippen molar-refractivity contribution in [3.05, 3.63) is 83.9 Å². The van der Waals surface area contributed by atoms with E-state index in [9.17, 15) is 9.90 Å². The lowest BCUT2D eigenvalue weighted by Crippen LogP contribution is -2.48. The molecule has 0 aromatic heterocycles. The standard InChI is InChI=1S/C25H33NO3/c1-6-13-22(23(27)24(28)29-25(3,4)5)26(18-20-14-9-7-10-15-20)19(2)21-16-11-8-12-17-21/h6-17,19,22-23,27H,18H2,1-5H3/t19-,22-,23-/m1/s1. The highest BCUT2D eigenvalue weighted by Crippen LogP contribution is 2.27. The van der Waals surface area contributed by atoms with Crippen molar-refractivity contribution in [3.8, 4) is 0 Å². The average molecular weight is 396 g/mol. The maximum absolute atomic E-state index is 12.7. The largest absolute Gasteiger partial charge is 0.458 e. The van der Waals surface area contributed by atoms with E-state index in [2.05, 4.69) is 36.1 Å². The van der Waals surface area contributed by atoms with Gasteiger partial charge in [-0.1, -0.05) is 72.8 Å². The van der Waals surface area contributed by atoms with E-state index in [4.69, 9.17) is 4.74 Å². The molecule has 0 bridgehead atoms. The van der Waals surface area contributed by atoms with Crippen LogP contribution in [0.3, 0.4) is 0 Å². The van der Waals surface area contributed by atoms with E-state index in [0.717, 1.165) is 11.1 Å². The highest BCUT2D eigenvalue weighted by molar-refractivity contribution is 5.76. The van der Waals surface area contributed by atoms with Crippen molar-refractivity contribution in [2.45, 2.75) is 65.0 Å². The maximum Gasteiger partial charge on any atom is 0.337 e. The number of allylic oxidation sites excluding steroid dienone is 1. The van der Waals surface area contributed by atoms with Gasteiger partial charge in [0.2, 0.25) is 0 Å². The van der Waals surface area contributed by atoms with Crippen LogP contribution in [0.15, 0.2) is 72.8 Å². The maximum atomic E-state index is 12.7. The van der Waals surface area contributed by atoms with Crippen LogP contribution in [0.1, 0.15) is 51.8 Å². The molecule has 2 aromatic rings. The van der Waals surface area contributed by atoms with E-state index in [1.54, 1.807) is 20.8 Å². The molecule has 4 nitrogen and oxygen atoms in total. The monoisotopic (exact) mass is 395 g/mol. The molecule has 0 saturated heterocycles. The van der Waals surface area contributed by atoms with Gasteiger partial charge >= 0.3 is 5.97 Å². The van der Waals surface area contributed by atoms with Crippen LogP contribution in [0.25, 0.3) is 0 Å². The number of nitrogens with zero attached hydrogens (tertiary/aromatic N) is 1. The van der Waals surface area contributed by atoms with Crippen LogP contribution in [-0.2, 0) is 16.1 Å². The molecular weight excluding hydrogens is 362 g/mol. The molecule has 0 aliphatic heterocycles. The first-order valence-corrected chi connectivity index (χ1v) is 10.1. The number of carbonyl (C=O) groups excluding carboxylic acids is 1. The van der Waals surface area contributed by atoms with E-state index >= 15 is 0 Å². The first-order chi connectivity index (χ1) is 13.7. The SMILES string of the molecule is CC=C[C@H]([C@@H](O)C(=O)OC(C)(C)C)N(Cc1ccccc1)[C@H](C)c1ccccc1. The minimum absolute atomic E-state index is 0.0188. The smallest absolute Gasteiger partial charge is 0.337 e. The zero-order valence-corrected chi connectivity index (χ0v) is 18.1. The van der Waals surface area contributed by atoms with Crippen LogP contribution in [0.5, 0.6) is 0 Å². The summed E-state index contributed by atoms with van der Waals surface area (Å²) < 4.78 is 5.46. The van der Waals surface area contributed by atoms with Crippen molar-refractivity contribution < 1.29 is 14.6 Å². The molecule has 0 heterocycles. The Labute approximate surface area is 174 Å². The lowest BCUT2D eigenvalue weighted by Gasteiger charge is -2.37. The first-order valence-electron chi connectivity index (χ1n) is 10.1. The van der Waals surface area contributed by atoms with Crippen LogP contribution >= 0.6 is 0 Å². The third-order valence-electron chi connectivity index (χ3n) is 4.73. The summed E-state index contributed by atoms with van der Waals surface area (Å²) in [6.07, 6.45) is 2.45. The van der Waals surface area contributed by atoms with E-state index in [-0.39, 0.29) is 6.04 Å². The molecule has 0 aliphatic rings. The van der Waals surface area contributed by atoms with Crippen molar-refractivity contribution >= 4 is 5.97 Å². The highest BCUT2D eigenvalue weighted by Gasteiger charge is 2.35. The quantitative estimate of drug-likeness (QED) is 0.510. The Morgan fingerprint density at radius 3 is 2.14 bits per heavy atom. The predicted octanol–water partition coefficient (Wildman–Crippen LogP) is 4.90. The van der Waals surface area contributed by atoms with E-state index in [1.807, 2.05) is 55.5 Å². The second kappa shape index (κ2) is 10.4. The highest BCUT2D eigenvalue weighted by atomic mass is 16.6. The minimum atomic E-state index is -1.29. The van der Waals surface area contributed by atoms with E-state index in [0.29, 0.717) is 6.54 Å². The Balaban J connectivity index is 2.40. The lowest BCUT2D eigenvalue weighted by molar-refractivity contribution is -0.168. The summed E-state index contributed by atoms with van der Waals surface area (Å²) in [4.78, 5) is 14.8. The van der Waals surface area contributed by atoms with Gasteiger partial charge in [0.15, 0.2) is 6.10 Å². The Bertz CT molecular complexity index is 781. The molecule has 0 saturated carbocycles. The third kappa shape index (κ3) is 6.84. The van der Waals surface area contributed by atoms with Gasteiger partial charge in [-0.3, -0.25) is 4.90 Å². The minimum Gasteiger partial charge on any atom is -0.458 e. The number of benzene rings is 2. The molecule has 0 spiro atoms. The zero-order chi connectivity index (χ0) is 21.4. The summed E-state index contributed by atoms with van der Waals surface area (Å²) >= 11 is 0. The van der Waals surface area contributed by atoms with Gasteiger partial charge in [0.05, 0.1) is 6.04 Å². The van der Waals surface area contributed by atoms with Crippen molar-refractivity contribution in [3.63, 3.8) is 0 Å². The summed E-state index contributed by atoms with van der Waals surface area (Å²) in [5.74, 6) is -0.612. The molecule has 0 aliphatic carbocycles. The van der Waals surface area contributed by atoms with Crippen LogP contribution < -0.4 is 0 Å². The molecule has 29 heavy (non-hydrogen) atoms. The van der Waals surface area contributed by atoms with Crippen molar-refractivity contribution in [2.24, 2.45) is 0 Å². The molecule has 0 amide bonds. The number of ether oxygens (including phenoxy) is 1. The number of hydrogen-bond donors (Lipinski definition) is 1. The first kappa shape index (κ1) is 22.9. The summed E-state index contributed by atoms with van der Waals surface area (Å²) in [5.41, 5.74) is 1.57. The van der Waals surface area contributed by atoms with Gasteiger partial charge < -0.3 is 9.84 Å². The van der Waals surface area contributed by atoms with Gasteiger partial charge in [0.25, 0.3) is 0 Å². The molecule has 156 valence electrons. The second-order valence-corrected chi connectivity index (χ2v) is 8.24. The Morgan fingerprint density at radius 2 is 1.62 bits per heavy atom. The molecule has 1 N–H and O–H groups in total. The second-order valence-electron chi connectivity index (χ2n) is 8.24. The van der Waals surface area contributed by atoms with Crippen LogP contribution in [0.4, 0.5) is 0 Å². The summed E-state index contributed by atoms with van der Waals surface area (Å²) in [7, 11) is 0. The average Bonchev–Trinajstić information content (AvgIpc) is 2.69. The molecule has 0 unspecified atom stereocenters. The molecular formula is C25H33NO3.